The lowest BCUT2D eigenvalue weighted by Crippen LogP contribution is -2.22. The molecule has 31 heavy (non-hydrogen) atoms. The van der Waals surface area contributed by atoms with Crippen molar-refractivity contribution in [1.82, 2.24) is 0 Å². The fourth-order valence-corrected chi connectivity index (χ4v) is 2.66. The highest BCUT2D eigenvalue weighted by Crippen LogP contribution is 2.18. The van der Waals surface area contributed by atoms with Crippen LogP contribution in [0.3, 0.4) is 0 Å². The maximum atomic E-state index is 12.3. The molecule has 0 saturated carbocycles. The van der Waals surface area contributed by atoms with Gasteiger partial charge in [0.1, 0.15) is 0 Å². The fourth-order valence-electron chi connectivity index (χ4n) is 2.66. The average Bonchev–Trinajstić information content (AvgIpc) is 3.28. The smallest absolute Gasteiger partial charge is 0.291 e. The van der Waals surface area contributed by atoms with Crippen LogP contribution in [0.4, 0.5) is 22.7 Å². The monoisotopic (exact) mass is 420 g/mol. The van der Waals surface area contributed by atoms with Crippen molar-refractivity contribution in [2.75, 3.05) is 27.8 Å². The third kappa shape index (κ3) is 6.46. The lowest BCUT2D eigenvalue weighted by atomic mass is 10.2. The van der Waals surface area contributed by atoms with Crippen LogP contribution >= 0.6 is 0 Å². The largest absolute Gasteiger partial charge is 0.459 e. The highest BCUT2D eigenvalue weighted by atomic mass is 16.3. The topological polar surface area (TPSA) is 112 Å². The van der Waals surface area contributed by atoms with Gasteiger partial charge in [0, 0.05) is 28.7 Å². The summed E-state index contributed by atoms with van der Waals surface area (Å²) in [5.41, 5.74) is 2.43. The van der Waals surface area contributed by atoms with Crippen LogP contribution in [-0.4, -0.2) is 24.3 Å². The minimum Gasteiger partial charge on any atom is -0.459 e. The third-order valence-electron chi connectivity index (χ3n) is 4.26. The van der Waals surface area contributed by atoms with E-state index < -0.39 is 0 Å². The van der Waals surface area contributed by atoms with E-state index in [0.29, 0.717) is 22.7 Å². The first kappa shape index (κ1) is 21.6. The van der Waals surface area contributed by atoms with Gasteiger partial charge in [0.2, 0.25) is 11.8 Å². The minimum atomic E-state index is -0.375. The third-order valence-corrected chi connectivity index (χ3v) is 4.26. The first-order valence-corrected chi connectivity index (χ1v) is 9.80. The molecule has 0 aliphatic heterocycles. The van der Waals surface area contributed by atoms with Crippen LogP contribution < -0.4 is 21.3 Å². The van der Waals surface area contributed by atoms with Crippen molar-refractivity contribution in [2.24, 2.45) is 5.92 Å². The molecule has 0 radical (unpaired) electrons. The van der Waals surface area contributed by atoms with Crippen molar-refractivity contribution in [1.29, 1.82) is 0 Å². The van der Waals surface area contributed by atoms with E-state index in [1.165, 1.54) is 6.26 Å². The standard InChI is InChI=1S/C23H24N4O4/c1-15(2)22(29)26-18-8-3-6-16(12-18)24-14-21(28)25-17-7-4-9-19(13-17)27-23(30)20-10-5-11-31-20/h3-13,15,24H,14H2,1-2H3,(H,25,28)(H,26,29)(H,27,30). The van der Waals surface area contributed by atoms with Gasteiger partial charge in [-0.2, -0.15) is 0 Å². The number of hydrogen-bond acceptors (Lipinski definition) is 5. The molecule has 4 N–H and O–H groups in total. The Hall–Kier alpha value is -4.07. The van der Waals surface area contributed by atoms with Crippen molar-refractivity contribution in [3.8, 4) is 0 Å². The van der Waals surface area contributed by atoms with E-state index in [2.05, 4.69) is 21.3 Å². The summed E-state index contributed by atoms with van der Waals surface area (Å²) >= 11 is 0. The summed E-state index contributed by atoms with van der Waals surface area (Å²) in [6.07, 6.45) is 1.42. The lowest BCUT2D eigenvalue weighted by Gasteiger charge is -2.11. The molecule has 8 nitrogen and oxygen atoms in total. The summed E-state index contributed by atoms with van der Waals surface area (Å²) < 4.78 is 5.06. The quantitative estimate of drug-likeness (QED) is 0.437. The van der Waals surface area contributed by atoms with Gasteiger partial charge in [-0.1, -0.05) is 26.0 Å². The van der Waals surface area contributed by atoms with Gasteiger partial charge in [0.05, 0.1) is 12.8 Å². The van der Waals surface area contributed by atoms with Gasteiger partial charge in [-0.15, -0.1) is 0 Å². The molecule has 3 rings (SSSR count). The molecule has 160 valence electrons. The second kappa shape index (κ2) is 10.1. The first-order chi connectivity index (χ1) is 14.9. The van der Waals surface area contributed by atoms with Gasteiger partial charge in [0.15, 0.2) is 5.76 Å². The van der Waals surface area contributed by atoms with Crippen LogP contribution in [0.25, 0.3) is 0 Å². The fraction of sp³-hybridized carbons (Fsp3) is 0.174. The second-order valence-corrected chi connectivity index (χ2v) is 7.14. The highest BCUT2D eigenvalue weighted by Gasteiger charge is 2.10. The Labute approximate surface area is 180 Å². The van der Waals surface area contributed by atoms with E-state index in [1.807, 2.05) is 19.9 Å². The van der Waals surface area contributed by atoms with Crippen LogP contribution in [0.5, 0.6) is 0 Å². The zero-order valence-electron chi connectivity index (χ0n) is 17.3. The number of carbonyl (C=O) groups is 3. The van der Waals surface area contributed by atoms with Crippen molar-refractivity contribution in [2.45, 2.75) is 13.8 Å². The Morgan fingerprint density at radius 3 is 2.06 bits per heavy atom. The van der Waals surface area contributed by atoms with Crippen molar-refractivity contribution in [3.63, 3.8) is 0 Å². The normalized spacial score (nSPS) is 10.4. The molecule has 0 aliphatic carbocycles. The number of rotatable bonds is 8. The van der Waals surface area contributed by atoms with Crippen molar-refractivity contribution in [3.05, 3.63) is 72.7 Å². The number of nitrogens with one attached hydrogen (secondary N) is 4. The molecule has 2 aromatic carbocycles. The zero-order chi connectivity index (χ0) is 22.2. The zero-order valence-corrected chi connectivity index (χ0v) is 17.3. The molecule has 0 bridgehead atoms. The van der Waals surface area contributed by atoms with Crippen LogP contribution in [0, 0.1) is 5.92 Å². The minimum absolute atomic E-state index is 0.0323. The van der Waals surface area contributed by atoms with Crippen LogP contribution in [0.1, 0.15) is 24.4 Å². The molecule has 0 saturated heterocycles. The summed E-state index contributed by atoms with van der Waals surface area (Å²) in [4.78, 5) is 36.2. The summed E-state index contributed by atoms with van der Waals surface area (Å²) in [7, 11) is 0. The van der Waals surface area contributed by atoms with Gasteiger partial charge >= 0.3 is 0 Å². The molecule has 0 atom stereocenters. The number of anilines is 4. The Bertz CT molecular complexity index is 1060. The van der Waals surface area contributed by atoms with Gasteiger partial charge < -0.3 is 25.7 Å². The van der Waals surface area contributed by atoms with E-state index in [4.69, 9.17) is 4.42 Å². The molecule has 0 unspecified atom stereocenters. The lowest BCUT2D eigenvalue weighted by molar-refractivity contribution is -0.119. The summed E-state index contributed by atoms with van der Waals surface area (Å²) in [5.74, 6) is -0.632. The molecule has 3 amide bonds. The van der Waals surface area contributed by atoms with E-state index in [-0.39, 0.29) is 35.9 Å². The van der Waals surface area contributed by atoms with E-state index >= 15 is 0 Å². The molecule has 0 fully saturated rings. The first-order valence-electron chi connectivity index (χ1n) is 9.80. The Balaban J connectivity index is 1.53. The Morgan fingerprint density at radius 1 is 0.806 bits per heavy atom. The number of benzene rings is 2. The summed E-state index contributed by atoms with van der Waals surface area (Å²) in [6, 6.07) is 17.2. The molecule has 3 aromatic rings. The van der Waals surface area contributed by atoms with Crippen LogP contribution in [0.2, 0.25) is 0 Å². The van der Waals surface area contributed by atoms with Crippen molar-refractivity contribution >= 4 is 40.5 Å². The molecule has 1 heterocycles. The van der Waals surface area contributed by atoms with E-state index in [1.54, 1.807) is 54.6 Å². The van der Waals surface area contributed by atoms with Gasteiger partial charge in [-0.25, -0.2) is 0 Å². The maximum Gasteiger partial charge on any atom is 0.291 e. The highest BCUT2D eigenvalue weighted by molar-refractivity contribution is 6.03. The van der Waals surface area contributed by atoms with Crippen LogP contribution in [-0.2, 0) is 9.59 Å². The number of amides is 3. The van der Waals surface area contributed by atoms with Gasteiger partial charge in [0.25, 0.3) is 5.91 Å². The summed E-state index contributed by atoms with van der Waals surface area (Å²) in [6.45, 7) is 3.67. The molecular formula is C23H24N4O4. The SMILES string of the molecule is CC(C)C(=O)Nc1cccc(NCC(=O)Nc2cccc(NC(=O)c3ccco3)c2)c1. The molecule has 0 aliphatic rings. The number of furan rings is 1. The van der Waals surface area contributed by atoms with E-state index in [9.17, 15) is 14.4 Å². The van der Waals surface area contributed by atoms with E-state index in [0.717, 1.165) is 0 Å². The Kier molecular flexibility index (Phi) is 7.05. The predicted octanol–water partition coefficient (Wildman–Crippen LogP) is 4.18. The molecule has 0 spiro atoms. The molecule has 1 aromatic heterocycles. The summed E-state index contributed by atoms with van der Waals surface area (Å²) in [5, 5.41) is 11.3. The number of hydrogen-bond donors (Lipinski definition) is 4. The molecule has 8 heteroatoms. The maximum absolute atomic E-state index is 12.3. The predicted molar refractivity (Wildman–Crippen MR) is 120 cm³/mol. The van der Waals surface area contributed by atoms with Crippen LogP contribution in [0.15, 0.2) is 71.3 Å². The average molecular weight is 420 g/mol. The second-order valence-electron chi connectivity index (χ2n) is 7.14. The molecular weight excluding hydrogens is 396 g/mol. The van der Waals surface area contributed by atoms with Gasteiger partial charge in [-0.3, -0.25) is 14.4 Å². The van der Waals surface area contributed by atoms with Gasteiger partial charge in [-0.05, 0) is 48.5 Å². The number of carbonyl (C=O) groups excluding carboxylic acids is 3. The Morgan fingerprint density at radius 2 is 1.42 bits per heavy atom. The van der Waals surface area contributed by atoms with Crippen molar-refractivity contribution < 1.29 is 18.8 Å².